The van der Waals surface area contributed by atoms with E-state index in [1.165, 1.54) is 37.9 Å². The molecule has 15 heavy (non-hydrogen) atoms. The van der Waals surface area contributed by atoms with Gasteiger partial charge in [-0.05, 0) is 50.0 Å². The molecule has 1 aromatic carbocycles. The highest BCUT2D eigenvalue weighted by atomic mass is 15.2. The molecule has 0 aliphatic carbocycles. The number of nitrogens with zero attached hydrogens (tertiary/aromatic N) is 1. The molecule has 1 saturated heterocycles. The first-order valence-electron chi connectivity index (χ1n) is 5.90. The minimum atomic E-state index is 0.591. The fraction of sp³-hybridized carbons (Fsp3) is 0.538. The lowest BCUT2D eigenvalue weighted by Gasteiger charge is -2.26. The van der Waals surface area contributed by atoms with E-state index in [9.17, 15) is 0 Å². The zero-order valence-corrected chi connectivity index (χ0v) is 9.45. The van der Waals surface area contributed by atoms with Gasteiger partial charge in [0.2, 0.25) is 0 Å². The number of hydrogen-bond acceptors (Lipinski definition) is 2. The molecule has 1 aliphatic heterocycles. The van der Waals surface area contributed by atoms with Crippen molar-refractivity contribution in [2.24, 2.45) is 0 Å². The Hall–Kier alpha value is -1.02. The zero-order valence-electron chi connectivity index (χ0n) is 9.45. The van der Waals surface area contributed by atoms with Crippen LogP contribution in [-0.2, 0) is 0 Å². The van der Waals surface area contributed by atoms with E-state index in [4.69, 9.17) is 5.73 Å². The van der Waals surface area contributed by atoms with E-state index in [1.54, 1.807) is 0 Å². The number of hydrogen-bond donors (Lipinski definition) is 1. The van der Waals surface area contributed by atoms with Crippen molar-refractivity contribution in [2.75, 3.05) is 18.8 Å². The van der Waals surface area contributed by atoms with Crippen LogP contribution in [0.5, 0.6) is 0 Å². The van der Waals surface area contributed by atoms with Crippen LogP contribution < -0.4 is 5.73 Å². The van der Waals surface area contributed by atoms with Crippen molar-refractivity contribution in [3.63, 3.8) is 0 Å². The first-order chi connectivity index (χ1) is 7.31. The van der Waals surface area contributed by atoms with E-state index >= 15 is 0 Å². The first-order valence-corrected chi connectivity index (χ1v) is 5.90. The number of anilines is 1. The predicted octanol–water partition coefficient (Wildman–Crippen LogP) is 2.82. The van der Waals surface area contributed by atoms with Gasteiger partial charge in [-0.15, -0.1) is 0 Å². The molecule has 2 N–H and O–H groups in total. The van der Waals surface area contributed by atoms with Crippen LogP contribution in [-0.4, -0.2) is 18.0 Å². The van der Waals surface area contributed by atoms with E-state index in [0.29, 0.717) is 6.04 Å². The molecule has 1 unspecified atom stereocenters. The Morgan fingerprint density at radius 2 is 1.80 bits per heavy atom. The zero-order chi connectivity index (χ0) is 10.7. The summed E-state index contributed by atoms with van der Waals surface area (Å²) in [4.78, 5) is 2.59. The monoisotopic (exact) mass is 204 g/mol. The van der Waals surface area contributed by atoms with Gasteiger partial charge in [-0.2, -0.15) is 0 Å². The van der Waals surface area contributed by atoms with Crippen molar-refractivity contribution in [3.8, 4) is 0 Å². The van der Waals surface area contributed by atoms with Crippen LogP contribution >= 0.6 is 0 Å². The second-order valence-electron chi connectivity index (χ2n) is 4.33. The largest absolute Gasteiger partial charge is 0.399 e. The Bertz CT molecular complexity index is 299. The molecule has 2 rings (SSSR count). The van der Waals surface area contributed by atoms with Gasteiger partial charge in [0.25, 0.3) is 0 Å². The Morgan fingerprint density at radius 3 is 2.33 bits per heavy atom. The minimum Gasteiger partial charge on any atom is -0.399 e. The van der Waals surface area contributed by atoms with Gasteiger partial charge in [-0.25, -0.2) is 0 Å². The van der Waals surface area contributed by atoms with Crippen molar-refractivity contribution >= 4 is 5.69 Å². The summed E-state index contributed by atoms with van der Waals surface area (Å²) >= 11 is 0. The molecular weight excluding hydrogens is 184 g/mol. The third kappa shape index (κ3) is 2.32. The Kier molecular flexibility index (Phi) is 3.27. The average Bonchev–Trinajstić information content (AvgIpc) is 2.75. The van der Waals surface area contributed by atoms with Gasteiger partial charge < -0.3 is 5.73 Å². The summed E-state index contributed by atoms with van der Waals surface area (Å²) in [5.74, 6) is 0. The summed E-state index contributed by atoms with van der Waals surface area (Å²) in [6.45, 7) is 4.77. The standard InChI is InChI=1S/C13H20N2/c1-2-13(15-9-3-4-10-15)11-5-7-12(14)8-6-11/h5-8,13H,2-4,9-10,14H2,1H3. The molecule has 0 saturated carbocycles. The molecule has 1 fully saturated rings. The molecule has 1 aromatic rings. The van der Waals surface area contributed by atoms with Crippen LogP contribution in [0.15, 0.2) is 24.3 Å². The lowest BCUT2D eigenvalue weighted by atomic mass is 10.0. The summed E-state index contributed by atoms with van der Waals surface area (Å²) < 4.78 is 0. The van der Waals surface area contributed by atoms with Gasteiger partial charge in [-0.3, -0.25) is 4.90 Å². The van der Waals surface area contributed by atoms with E-state index in [1.807, 2.05) is 12.1 Å². The SMILES string of the molecule is CCC(c1ccc(N)cc1)N1CCCC1. The van der Waals surface area contributed by atoms with Crippen LogP contribution in [0.1, 0.15) is 37.8 Å². The van der Waals surface area contributed by atoms with Crippen LogP contribution in [0.3, 0.4) is 0 Å². The smallest absolute Gasteiger partial charge is 0.0345 e. The van der Waals surface area contributed by atoms with Crippen molar-refractivity contribution < 1.29 is 0 Å². The number of rotatable bonds is 3. The lowest BCUT2D eigenvalue weighted by Crippen LogP contribution is -2.25. The molecule has 1 atom stereocenters. The van der Waals surface area contributed by atoms with E-state index in [-0.39, 0.29) is 0 Å². The highest BCUT2D eigenvalue weighted by Crippen LogP contribution is 2.28. The van der Waals surface area contributed by atoms with Crippen LogP contribution in [0, 0.1) is 0 Å². The summed E-state index contributed by atoms with van der Waals surface area (Å²) in [5.41, 5.74) is 7.98. The molecule has 0 radical (unpaired) electrons. The van der Waals surface area contributed by atoms with E-state index in [0.717, 1.165) is 5.69 Å². The maximum absolute atomic E-state index is 5.71. The van der Waals surface area contributed by atoms with Crippen molar-refractivity contribution in [1.82, 2.24) is 4.90 Å². The van der Waals surface area contributed by atoms with Crippen LogP contribution in [0.2, 0.25) is 0 Å². The summed E-state index contributed by atoms with van der Waals surface area (Å²) in [7, 11) is 0. The number of benzene rings is 1. The molecule has 1 heterocycles. The minimum absolute atomic E-state index is 0.591. The number of nitrogen functional groups attached to an aromatic ring is 1. The average molecular weight is 204 g/mol. The van der Waals surface area contributed by atoms with Gasteiger partial charge >= 0.3 is 0 Å². The van der Waals surface area contributed by atoms with Gasteiger partial charge in [0, 0.05) is 11.7 Å². The molecule has 2 heteroatoms. The number of nitrogens with two attached hydrogens (primary N) is 1. The third-order valence-electron chi connectivity index (χ3n) is 3.29. The topological polar surface area (TPSA) is 29.3 Å². The fourth-order valence-corrected chi connectivity index (χ4v) is 2.48. The summed E-state index contributed by atoms with van der Waals surface area (Å²) in [6, 6.07) is 8.94. The Labute approximate surface area is 92.1 Å². The molecule has 0 spiro atoms. The van der Waals surface area contributed by atoms with E-state index < -0.39 is 0 Å². The Balaban J connectivity index is 2.14. The maximum atomic E-state index is 5.71. The quantitative estimate of drug-likeness (QED) is 0.767. The lowest BCUT2D eigenvalue weighted by molar-refractivity contribution is 0.239. The highest BCUT2D eigenvalue weighted by molar-refractivity contribution is 5.40. The van der Waals surface area contributed by atoms with E-state index in [2.05, 4.69) is 24.0 Å². The fourth-order valence-electron chi connectivity index (χ4n) is 2.48. The van der Waals surface area contributed by atoms with Gasteiger partial charge in [0.1, 0.15) is 0 Å². The molecule has 0 bridgehead atoms. The Morgan fingerprint density at radius 1 is 1.20 bits per heavy atom. The third-order valence-corrected chi connectivity index (χ3v) is 3.29. The second-order valence-corrected chi connectivity index (χ2v) is 4.33. The van der Waals surface area contributed by atoms with Gasteiger partial charge in [0.05, 0.1) is 0 Å². The van der Waals surface area contributed by atoms with Crippen LogP contribution in [0.25, 0.3) is 0 Å². The molecule has 1 aliphatic rings. The number of likely N-dealkylation sites (tertiary alicyclic amines) is 1. The second kappa shape index (κ2) is 4.67. The molecule has 0 aromatic heterocycles. The predicted molar refractivity (Wildman–Crippen MR) is 64.7 cm³/mol. The van der Waals surface area contributed by atoms with Gasteiger partial charge in [-0.1, -0.05) is 19.1 Å². The molecular formula is C13H20N2. The normalized spacial score (nSPS) is 19.3. The summed E-state index contributed by atoms with van der Waals surface area (Å²) in [6.07, 6.45) is 3.89. The van der Waals surface area contributed by atoms with Crippen LogP contribution in [0.4, 0.5) is 5.69 Å². The first kappa shape index (κ1) is 10.5. The van der Waals surface area contributed by atoms with Crippen molar-refractivity contribution in [3.05, 3.63) is 29.8 Å². The van der Waals surface area contributed by atoms with Crippen molar-refractivity contribution in [1.29, 1.82) is 0 Å². The molecule has 0 amide bonds. The van der Waals surface area contributed by atoms with Crippen molar-refractivity contribution in [2.45, 2.75) is 32.2 Å². The highest BCUT2D eigenvalue weighted by Gasteiger charge is 2.21. The summed E-state index contributed by atoms with van der Waals surface area (Å²) in [5, 5.41) is 0. The van der Waals surface area contributed by atoms with Gasteiger partial charge in [0.15, 0.2) is 0 Å². The molecule has 82 valence electrons. The maximum Gasteiger partial charge on any atom is 0.0345 e. The molecule has 2 nitrogen and oxygen atoms in total.